The van der Waals surface area contributed by atoms with Crippen molar-refractivity contribution in [1.29, 1.82) is 0 Å². The molecule has 244 valence electrons. The van der Waals surface area contributed by atoms with Crippen molar-refractivity contribution >= 4 is 71.0 Å². The van der Waals surface area contributed by atoms with E-state index < -0.39 is 0 Å². The average molecular weight is 673 g/mol. The predicted octanol–water partition coefficient (Wildman–Crippen LogP) is 13.1. The molecule has 6 aromatic carbocycles. The Morgan fingerprint density at radius 3 is 2.25 bits per heavy atom. The normalized spacial score (nSPS) is 16.9. The molecule has 0 saturated carbocycles. The third kappa shape index (κ3) is 4.76. The van der Waals surface area contributed by atoms with Gasteiger partial charge in [0.15, 0.2) is 0 Å². The molecule has 3 heteroatoms. The van der Waals surface area contributed by atoms with E-state index in [9.17, 15) is 0 Å². The van der Waals surface area contributed by atoms with Crippen LogP contribution in [0.4, 0.5) is 11.4 Å². The zero-order chi connectivity index (χ0) is 34.1. The van der Waals surface area contributed by atoms with Crippen molar-refractivity contribution in [2.75, 3.05) is 4.90 Å². The first kappa shape index (κ1) is 30.0. The molecule has 0 N–H and O–H groups in total. The molecule has 2 unspecified atom stereocenters. The third-order valence-corrected chi connectivity index (χ3v) is 12.1. The number of hydrogen-bond donors (Lipinski definition) is 0. The number of para-hydroxylation sites is 3. The van der Waals surface area contributed by atoms with E-state index in [1.54, 1.807) is 0 Å². The molecule has 0 radical (unpaired) electrons. The molecule has 3 heterocycles. The predicted molar refractivity (Wildman–Crippen MR) is 220 cm³/mol. The largest absolute Gasteiger partial charge is 0.333 e. The maximum atomic E-state index is 2.49. The van der Waals surface area contributed by atoms with Crippen molar-refractivity contribution in [3.05, 3.63) is 192 Å². The van der Waals surface area contributed by atoms with Crippen molar-refractivity contribution in [3.63, 3.8) is 0 Å². The Bertz CT molecular complexity index is 2720. The maximum Gasteiger partial charge on any atom is 0.0630 e. The number of benzene rings is 6. The SMILES string of the molecule is C/C(=C\c1c(C)n(-c2ccc(C3=CC4c5ccccc5N(c5ccccc5)C4C=C3)cc2)c2ccccc12)c1cccc2c1sc1ccccc12. The van der Waals surface area contributed by atoms with Gasteiger partial charge in [0.2, 0.25) is 0 Å². The molecule has 10 rings (SSSR count). The van der Waals surface area contributed by atoms with E-state index in [1.165, 1.54) is 87.2 Å². The number of hydrogen-bond acceptors (Lipinski definition) is 2. The van der Waals surface area contributed by atoms with Gasteiger partial charge >= 0.3 is 0 Å². The second kappa shape index (κ2) is 11.9. The van der Waals surface area contributed by atoms with Crippen LogP contribution < -0.4 is 4.90 Å². The van der Waals surface area contributed by atoms with Crippen LogP contribution in [0.5, 0.6) is 0 Å². The van der Waals surface area contributed by atoms with Crippen LogP contribution in [-0.2, 0) is 0 Å². The van der Waals surface area contributed by atoms with Gasteiger partial charge in [-0.2, -0.15) is 0 Å². The Morgan fingerprint density at radius 1 is 0.667 bits per heavy atom. The highest BCUT2D eigenvalue weighted by atomic mass is 32.1. The van der Waals surface area contributed by atoms with Crippen molar-refractivity contribution < 1.29 is 0 Å². The molecule has 51 heavy (non-hydrogen) atoms. The van der Waals surface area contributed by atoms with Crippen LogP contribution >= 0.6 is 11.3 Å². The van der Waals surface area contributed by atoms with Gasteiger partial charge in [0.25, 0.3) is 0 Å². The Morgan fingerprint density at radius 2 is 1.39 bits per heavy atom. The number of thiophene rings is 1. The summed E-state index contributed by atoms with van der Waals surface area (Å²) < 4.78 is 5.12. The smallest absolute Gasteiger partial charge is 0.0630 e. The highest BCUT2D eigenvalue weighted by Crippen LogP contribution is 2.49. The molecule has 2 nitrogen and oxygen atoms in total. The van der Waals surface area contributed by atoms with Crippen LogP contribution in [0.3, 0.4) is 0 Å². The minimum atomic E-state index is 0.266. The number of nitrogens with zero attached hydrogens (tertiary/aromatic N) is 2. The summed E-state index contributed by atoms with van der Waals surface area (Å²) in [4.78, 5) is 2.49. The van der Waals surface area contributed by atoms with Crippen LogP contribution in [-0.4, -0.2) is 10.6 Å². The summed E-state index contributed by atoms with van der Waals surface area (Å²) in [6.07, 6.45) is 9.58. The first-order valence-electron chi connectivity index (χ1n) is 17.8. The molecule has 0 spiro atoms. The lowest BCUT2D eigenvalue weighted by Crippen LogP contribution is -2.28. The van der Waals surface area contributed by atoms with E-state index in [-0.39, 0.29) is 6.04 Å². The van der Waals surface area contributed by atoms with Gasteiger partial charge in [0, 0.05) is 59.8 Å². The standard InChI is InChI=1S/C48H36N2S/c1-31(37-18-12-19-41-40-17-8-11-22-47(40)51-48(37)41)29-42-32(2)49(44-20-9-6-15-38(42)44)36-26-23-33(24-27-36)34-25-28-46-43(30-34)39-16-7-10-21-45(39)50(46)35-13-4-3-5-14-35/h3-30,43,46H,1-2H3/b31-29+. The van der Waals surface area contributed by atoms with Crippen molar-refractivity contribution in [3.8, 4) is 5.69 Å². The lowest BCUT2D eigenvalue weighted by Gasteiger charge is -2.29. The molecule has 2 aliphatic rings. The fraction of sp³-hybridized carbons (Fsp3) is 0.0833. The van der Waals surface area contributed by atoms with Crippen LogP contribution in [0.15, 0.2) is 164 Å². The molecular formula is C48H36N2S. The topological polar surface area (TPSA) is 8.17 Å². The molecule has 2 aromatic heterocycles. The molecule has 1 aliphatic carbocycles. The number of aromatic nitrogens is 1. The maximum absolute atomic E-state index is 2.49. The van der Waals surface area contributed by atoms with E-state index >= 15 is 0 Å². The average Bonchev–Trinajstić information content (AvgIpc) is 3.82. The van der Waals surface area contributed by atoms with Gasteiger partial charge in [0.1, 0.15) is 0 Å². The number of anilines is 2. The fourth-order valence-corrected chi connectivity index (χ4v) is 9.78. The Kier molecular flexibility index (Phi) is 6.97. The molecule has 8 aromatic rings. The number of rotatable bonds is 5. The fourth-order valence-electron chi connectivity index (χ4n) is 8.49. The van der Waals surface area contributed by atoms with Crippen molar-refractivity contribution in [2.24, 2.45) is 0 Å². The lowest BCUT2D eigenvalue weighted by atomic mass is 9.86. The summed E-state index contributed by atoms with van der Waals surface area (Å²) in [5.41, 5.74) is 13.9. The van der Waals surface area contributed by atoms with Gasteiger partial charge in [-0.25, -0.2) is 0 Å². The second-order valence-corrected chi connectivity index (χ2v) is 14.8. The van der Waals surface area contributed by atoms with E-state index in [0.29, 0.717) is 5.92 Å². The summed E-state index contributed by atoms with van der Waals surface area (Å²) in [5, 5.41) is 3.95. The summed E-state index contributed by atoms with van der Waals surface area (Å²) in [5.74, 6) is 0.299. The zero-order valence-corrected chi connectivity index (χ0v) is 29.4. The summed E-state index contributed by atoms with van der Waals surface area (Å²) in [6.45, 7) is 4.52. The Hall–Kier alpha value is -5.90. The van der Waals surface area contributed by atoms with Gasteiger partial charge in [-0.15, -0.1) is 11.3 Å². The highest BCUT2D eigenvalue weighted by molar-refractivity contribution is 7.26. The second-order valence-electron chi connectivity index (χ2n) is 13.8. The van der Waals surface area contributed by atoms with Gasteiger partial charge in [-0.3, -0.25) is 0 Å². The van der Waals surface area contributed by atoms with Crippen LogP contribution in [0.1, 0.15) is 40.8 Å². The van der Waals surface area contributed by atoms with Crippen LogP contribution in [0.2, 0.25) is 0 Å². The Balaban J connectivity index is 1.01. The molecule has 0 saturated heterocycles. The molecule has 0 amide bonds. The minimum absolute atomic E-state index is 0.266. The molecule has 0 bridgehead atoms. The zero-order valence-electron chi connectivity index (χ0n) is 28.6. The summed E-state index contributed by atoms with van der Waals surface area (Å²) >= 11 is 1.89. The van der Waals surface area contributed by atoms with E-state index in [0.717, 1.165) is 0 Å². The van der Waals surface area contributed by atoms with Crippen LogP contribution in [0.25, 0.3) is 54.0 Å². The lowest BCUT2D eigenvalue weighted by molar-refractivity contribution is 0.747. The van der Waals surface area contributed by atoms with Gasteiger partial charge < -0.3 is 9.47 Å². The molecular weight excluding hydrogens is 637 g/mol. The first-order valence-corrected chi connectivity index (χ1v) is 18.6. The van der Waals surface area contributed by atoms with Crippen molar-refractivity contribution in [2.45, 2.75) is 25.8 Å². The Labute approximate surface area is 302 Å². The van der Waals surface area contributed by atoms with Gasteiger partial charge in [-0.05, 0) is 90.2 Å². The third-order valence-electron chi connectivity index (χ3n) is 10.9. The van der Waals surface area contributed by atoms with Crippen molar-refractivity contribution in [1.82, 2.24) is 4.57 Å². The van der Waals surface area contributed by atoms with E-state index in [4.69, 9.17) is 0 Å². The quantitative estimate of drug-likeness (QED) is 0.177. The number of fused-ring (bicyclic) bond motifs is 7. The highest BCUT2D eigenvalue weighted by Gasteiger charge is 2.38. The monoisotopic (exact) mass is 672 g/mol. The number of allylic oxidation sites excluding steroid dienone is 3. The first-order chi connectivity index (χ1) is 25.1. The molecule has 1 aliphatic heterocycles. The molecule has 0 fully saturated rings. The summed E-state index contributed by atoms with van der Waals surface area (Å²) in [7, 11) is 0. The molecule has 2 atom stereocenters. The van der Waals surface area contributed by atoms with Crippen LogP contribution in [0, 0.1) is 6.92 Å². The van der Waals surface area contributed by atoms with Gasteiger partial charge in [0.05, 0.1) is 11.6 Å². The summed E-state index contributed by atoms with van der Waals surface area (Å²) in [6, 6.07) is 53.4. The minimum Gasteiger partial charge on any atom is -0.333 e. The van der Waals surface area contributed by atoms with Gasteiger partial charge in [-0.1, -0.05) is 121 Å². The van der Waals surface area contributed by atoms with E-state index in [1.807, 2.05) is 11.3 Å². The van der Waals surface area contributed by atoms with E-state index in [2.05, 4.69) is 193 Å².